The normalized spacial score (nSPS) is 10.1. The van der Waals surface area contributed by atoms with E-state index in [1.165, 1.54) is 25.7 Å². The van der Waals surface area contributed by atoms with Crippen LogP contribution >= 0.6 is 23.8 Å². The summed E-state index contributed by atoms with van der Waals surface area (Å²) in [4.78, 5) is 0. The van der Waals surface area contributed by atoms with Crippen LogP contribution < -0.4 is 10.6 Å². The lowest BCUT2D eigenvalue weighted by Crippen LogP contribution is -2.29. The van der Waals surface area contributed by atoms with Crippen molar-refractivity contribution in [2.45, 2.75) is 39.0 Å². The zero-order chi connectivity index (χ0) is 13.2. The van der Waals surface area contributed by atoms with E-state index in [1.54, 1.807) is 0 Å². The zero-order valence-corrected chi connectivity index (χ0v) is 12.4. The minimum atomic E-state index is 0.638. The lowest BCUT2D eigenvalue weighted by molar-refractivity contribution is 0.625. The van der Waals surface area contributed by atoms with E-state index < -0.39 is 0 Å². The maximum absolute atomic E-state index is 6.04. The standard InChI is InChI=1S/C14H21ClN2S/c1-2-3-4-5-8-11-16-14(18)17-13-10-7-6-9-12(13)15/h6-7,9-10H,2-5,8,11H2,1H3,(H2,16,17,18). The Morgan fingerprint density at radius 2 is 1.89 bits per heavy atom. The van der Waals surface area contributed by atoms with Gasteiger partial charge in [0.25, 0.3) is 0 Å². The fraction of sp³-hybridized carbons (Fsp3) is 0.500. The molecule has 1 aromatic rings. The van der Waals surface area contributed by atoms with E-state index in [0.29, 0.717) is 10.1 Å². The Labute approximate surface area is 120 Å². The first-order valence-corrected chi connectivity index (χ1v) is 7.32. The summed E-state index contributed by atoms with van der Waals surface area (Å²) in [6.07, 6.45) is 6.32. The molecule has 100 valence electrons. The Bertz CT molecular complexity index is 369. The van der Waals surface area contributed by atoms with Crippen LogP contribution in [0.3, 0.4) is 0 Å². The number of anilines is 1. The minimum Gasteiger partial charge on any atom is -0.362 e. The van der Waals surface area contributed by atoms with Gasteiger partial charge in [-0.05, 0) is 30.8 Å². The Balaban J connectivity index is 2.16. The van der Waals surface area contributed by atoms with Crippen LogP contribution in [-0.2, 0) is 0 Å². The van der Waals surface area contributed by atoms with Crippen LogP contribution in [-0.4, -0.2) is 11.7 Å². The van der Waals surface area contributed by atoms with Crippen molar-refractivity contribution >= 4 is 34.6 Å². The van der Waals surface area contributed by atoms with Crippen molar-refractivity contribution in [3.05, 3.63) is 29.3 Å². The number of nitrogens with one attached hydrogen (secondary N) is 2. The van der Waals surface area contributed by atoms with Crippen molar-refractivity contribution in [1.82, 2.24) is 5.32 Å². The summed E-state index contributed by atoms with van der Waals surface area (Å²) in [7, 11) is 0. The number of hydrogen-bond acceptors (Lipinski definition) is 1. The predicted molar refractivity (Wildman–Crippen MR) is 84.4 cm³/mol. The number of rotatable bonds is 7. The first kappa shape index (κ1) is 15.3. The zero-order valence-electron chi connectivity index (χ0n) is 10.8. The summed E-state index contributed by atoms with van der Waals surface area (Å²) in [5, 5.41) is 7.62. The Morgan fingerprint density at radius 1 is 1.17 bits per heavy atom. The molecule has 18 heavy (non-hydrogen) atoms. The fourth-order valence-corrected chi connectivity index (χ4v) is 2.05. The molecule has 0 aliphatic carbocycles. The third-order valence-electron chi connectivity index (χ3n) is 2.69. The van der Waals surface area contributed by atoms with E-state index in [4.69, 9.17) is 23.8 Å². The Hall–Kier alpha value is -0.800. The van der Waals surface area contributed by atoms with Gasteiger partial charge in [0.1, 0.15) is 0 Å². The second-order valence-electron chi connectivity index (χ2n) is 4.27. The fourth-order valence-electron chi connectivity index (χ4n) is 1.66. The molecule has 0 aliphatic heterocycles. The van der Waals surface area contributed by atoms with Crippen molar-refractivity contribution in [3.63, 3.8) is 0 Å². The van der Waals surface area contributed by atoms with Gasteiger partial charge < -0.3 is 10.6 Å². The molecule has 0 radical (unpaired) electrons. The summed E-state index contributed by atoms with van der Waals surface area (Å²) in [5.74, 6) is 0. The van der Waals surface area contributed by atoms with Gasteiger partial charge in [0, 0.05) is 6.54 Å². The third-order valence-corrected chi connectivity index (χ3v) is 3.26. The van der Waals surface area contributed by atoms with Gasteiger partial charge in [0.05, 0.1) is 10.7 Å². The molecule has 1 rings (SSSR count). The number of unbranched alkanes of at least 4 members (excludes halogenated alkanes) is 4. The van der Waals surface area contributed by atoms with E-state index >= 15 is 0 Å². The lowest BCUT2D eigenvalue weighted by Gasteiger charge is -2.11. The first-order chi connectivity index (χ1) is 8.74. The average Bonchev–Trinajstić information content (AvgIpc) is 2.36. The molecule has 0 fully saturated rings. The molecule has 0 aliphatic rings. The number of benzene rings is 1. The van der Waals surface area contributed by atoms with Gasteiger partial charge in [0.15, 0.2) is 5.11 Å². The molecule has 0 saturated heterocycles. The molecule has 0 heterocycles. The van der Waals surface area contributed by atoms with Crippen LogP contribution in [0.2, 0.25) is 5.02 Å². The average molecular weight is 285 g/mol. The van der Waals surface area contributed by atoms with E-state index in [2.05, 4.69) is 17.6 Å². The van der Waals surface area contributed by atoms with E-state index in [0.717, 1.165) is 18.7 Å². The number of para-hydroxylation sites is 1. The van der Waals surface area contributed by atoms with Gasteiger partial charge in [-0.3, -0.25) is 0 Å². The molecule has 0 atom stereocenters. The van der Waals surface area contributed by atoms with Crippen molar-refractivity contribution in [2.24, 2.45) is 0 Å². The Morgan fingerprint density at radius 3 is 2.61 bits per heavy atom. The second kappa shape index (κ2) is 9.17. The van der Waals surface area contributed by atoms with Crippen molar-refractivity contribution < 1.29 is 0 Å². The summed E-state index contributed by atoms with van der Waals surface area (Å²) >= 11 is 11.3. The van der Waals surface area contributed by atoms with Gasteiger partial charge >= 0.3 is 0 Å². The molecule has 0 bridgehead atoms. The van der Waals surface area contributed by atoms with E-state index in [-0.39, 0.29) is 0 Å². The van der Waals surface area contributed by atoms with Crippen molar-refractivity contribution in [2.75, 3.05) is 11.9 Å². The monoisotopic (exact) mass is 284 g/mol. The van der Waals surface area contributed by atoms with Crippen LogP contribution in [0, 0.1) is 0 Å². The number of halogens is 1. The maximum atomic E-state index is 6.04. The molecule has 0 spiro atoms. The molecule has 0 aromatic heterocycles. The van der Waals surface area contributed by atoms with Crippen molar-refractivity contribution in [1.29, 1.82) is 0 Å². The maximum Gasteiger partial charge on any atom is 0.170 e. The topological polar surface area (TPSA) is 24.1 Å². The summed E-state index contributed by atoms with van der Waals surface area (Å²) in [6, 6.07) is 7.59. The molecule has 4 heteroatoms. The molecular formula is C14H21ClN2S. The first-order valence-electron chi connectivity index (χ1n) is 6.53. The number of hydrogen-bond donors (Lipinski definition) is 2. The molecular weight excluding hydrogens is 264 g/mol. The molecule has 1 aromatic carbocycles. The molecule has 0 unspecified atom stereocenters. The van der Waals surface area contributed by atoms with Crippen LogP contribution in [0.4, 0.5) is 5.69 Å². The highest BCUT2D eigenvalue weighted by Crippen LogP contribution is 2.20. The minimum absolute atomic E-state index is 0.638. The smallest absolute Gasteiger partial charge is 0.170 e. The van der Waals surface area contributed by atoms with Crippen molar-refractivity contribution in [3.8, 4) is 0 Å². The van der Waals surface area contributed by atoms with Gasteiger partial charge in [0.2, 0.25) is 0 Å². The van der Waals surface area contributed by atoms with Gasteiger partial charge in [-0.2, -0.15) is 0 Å². The van der Waals surface area contributed by atoms with Crippen LogP contribution in [0.15, 0.2) is 24.3 Å². The molecule has 0 saturated carbocycles. The quantitative estimate of drug-likeness (QED) is 0.565. The van der Waals surface area contributed by atoms with Gasteiger partial charge in [-0.15, -0.1) is 0 Å². The third kappa shape index (κ3) is 6.22. The van der Waals surface area contributed by atoms with Crippen LogP contribution in [0.25, 0.3) is 0 Å². The van der Waals surface area contributed by atoms with Crippen LogP contribution in [0.5, 0.6) is 0 Å². The van der Waals surface area contributed by atoms with Crippen LogP contribution in [0.1, 0.15) is 39.0 Å². The highest BCUT2D eigenvalue weighted by molar-refractivity contribution is 7.80. The molecule has 2 nitrogen and oxygen atoms in total. The highest BCUT2D eigenvalue weighted by atomic mass is 35.5. The molecule has 2 N–H and O–H groups in total. The summed E-state index contributed by atoms with van der Waals surface area (Å²) in [5.41, 5.74) is 0.850. The largest absolute Gasteiger partial charge is 0.362 e. The van der Waals surface area contributed by atoms with E-state index in [1.807, 2.05) is 24.3 Å². The van der Waals surface area contributed by atoms with E-state index in [9.17, 15) is 0 Å². The lowest BCUT2D eigenvalue weighted by atomic mass is 10.1. The Kier molecular flexibility index (Phi) is 7.78. The van der Waals surface area contributed by atoms with Gasteiger partial charge in [-0.25, -0.2) is 0 Å². The number of thiocarbonyl (C=S) groups is 1. The summed E-state index contributed by atoms with van der Waals surface area (Å²) < 4.78 is 0. The summed E-state index contributed by atoms with van der Waals surface area (Å²) in [6.45, 7) is 3.14. The highest BCUT2D eigenvalue weighted by Gasteiger charge is 2.00. The molecule has 0 amide bonds. The SMILES string of the molecule is CCCCCCCNC(=S)Nc1ccccc1Cl. The predicted octanol–water partition coefficient (Wildman–Crippen LogP) is 4.60. The second-order valence-corrected chi connectivity index (χ2v) is 5.09. The van der Waals surface area contributed by atoms with Gasteiger partial charge in [-0.1, -0.05) is 56.3 Å².